The van der Waals surface area contributed by atoms with Gasteiger partial charge in [0.05, 0.1) is 0 Å². The van der Waals surface area contributed by atoms with Crippen LogP contribution in [0.15, 0.2) is 72.8 Å². The summed E-state index contributed by atoms with van der Waals surface area (Å²) in [4.78, 5) is 12.8. The van der Waals surface area contributed by atoms with Crippen LogP contribution >= 0.6 is 0 Å². The van der Waals surface area contributed by atoms with Gasteiger partial charge in [-0.25, -0.2) is 9.80 Å². The fourth-order valence-corrected chi connectivity index (χ4v) is 4.84. The normalized spacial score (nSPS) is 21.4. The summed E-state index contributed by atoms with van der Waals surface area (Å²) < 4.78 is 5.82. The maximum Gasteiger partial charge on any atom is 0.426 e. The van der Waals surface area contributed by atoms with E-state index in [9.17, 15) is 4.79 Å². The van der Waals surface area contributed by atoms with Crippen molar-refractivity contribution in [3.63, 3.8) is 0 Å². The van der Waals surface area contributed by atoms with E-state index in [-0.39, 0.29) is 18.2 Å². The predicted octanol–water partition coefficient (Wildman–Crippen LogP) is 4.72. The number of nitrogens with zero attached hydrogens (tertiary/aromatic N) is 2. The number of hydrazine groups is 1. The first-order chi connectivity index (χ1) is 13.8. The highest BCUT2D eigenvalue weighted by atomic mass is 16.6. The van der Waals surface area contributed by atoms with Crippen molar-refractivity contribution in [2.24, 2.45) is 0 Å². The van der Waals surface area contributed by atoms with Crippen molar-refractivity contribution in [1.29, 1.82) is 0 Å². The number of benzene rings is 3. The Morgan fingerprint density at radius 2 is 1.46 bits per heavy atom. The van der Waals surface area contributed by atoms with Crippen molar-refractivity contribution in [3.8, 4) is 11.1 Å². The molecule has 0 aromatic heterocycles. The van der Waals surface area contributed by atoms with Crippen LogP contribution in [0.5, 0.6) is 0 Å². The van der Waals surface area contributed by atoms with Crippen LogP contribution in [0.25, 0.3) is 11.1 Å². The summed E-state index contributed by atoms with van der Waals surface area (Å²) in [5.74, 6) is 0.0978. The summed E-state index contributed by atoms with van der Waals surface area (Å²) in [6.45, 7) is 1.23. The Labute approximate surface area is 163 Å². The Kier molecular flexibility index (Phi) is 3.38. The standard InChI is InChI=1S/C24H20N2O2/c27-24(26-23-17-8-2-1-7-16(17)13-14-25(23)26)28-15-22-20-11-5-3-9-18(20)19-10-4-6-12-21(19)22/h1-12,22-23H,13-15H2. The third-order valence-corrected chi connectivity index (χ3v) is 6.20. The SMILES string of the molecule is O=C(OCC1c2ccccc2-c2ccccc21)N1C2c3ccccc3CCN21. The van der Waals surface area contributed by atoms with Gasteiger partial charge in [-0.2, -0.15) is 5.01 Å². The smallest absolute Gasteiger partial charge is 0.426 e. The zero-order chi connectivity index (χ0) is 18.7. The number of fused-ring (bicyclic) bond motifs is 6. The van der Waals surface area contributed by atoms with Gasteiger partial charge < -0.3 is 4.74 Å². The van der Waals surface area contributed by atoms with E-state index in [0.29, 0.717) is 6.61 Å². The molecular formula is C24H20N2O2. The lowest BCUT2D eigenvalue weighted by Gasteiger charge is -2.14. The third-order valence-electron chi connectivity index (χ3n) is 6.20. The summed E-state index contributed by atoms with van der Waals surface area (Å²) in [6, 6.07) is 25.2. The van der Waals surface area contributed by atoms with Crippen molar-refractivity contribution in [1.82, 2.24) is 10.0 Å². The molecule has 0 radical (unpaired) electrons. The molecule has 3 aliphatic rings. The second-order valence-electron chi connectivity index (χ2n) is 7.63. The molecule has 138 valence electrons. The molecule has 28 heavy (non-hydrogen) atoms. The lowest BCUT2D eigenvalue weighted by molar-refractivity contribution is 0.111. The number of carbonyl (C=O) groups is 1. The molecule has 4 nitrogen and oxygen atoms in total. The zero-order valence-electron chi connectivity index (χ0n) is 15.4. The largest absolute Gasteiger partial charge is 0.447 e. The molecule has 1 saturated heterocycles. The topological polar surface area (TPSA) is 32.3 Å². The molecule has 3 aromatic rings. The monoisotopic (exact) mass is 368 g/mol. The maximum atomic E-state index is 12.8. The summed E-state index contributed by atoms with van der Waals surface area (Å²) in [5, 5.41) is 3.86. The number of hydrogen-bond donors (Lipinski definition) is 0. The van der Waals surface area contributed by atoms with Crippen LogP contribution in [0, 0.1) is 0 Å². The van der Waals surface area contributed by atoms with Crippen LogP contribution in [-0.4, -0.2) is 29.3 Å². The first-order valence-electron chi connectivity index (χ1n) is 9.81. The fourth-order valence-electron chi connectivity index (χ4n) is 4.84. The van der Waals surface area contributed by atoms with Gasteiger partial charge in [-0.3, -0.25) is 0 Å². The molecule has 2 heterocycles. The van der Waals surface area contributed by atoms with E-state index in [1.165, 1.54) is 33.4 Å². The summed E-state index contributed by atoms with van der Waals surface area (Å²) >= 11 is 0. The van der Waals surface area contributed by atoms with Crippen LogP contribution in [0.1, 0.15) is 34.3 Å². The van der Waals surface area contributed by atoms with Crippen molar-refractivity contribution < 1.29 is 9.53 Å². The molecule has 2 aliphatic heterocycles. The van der Waals surface area contributed by atoms with Crippen LogP contribution in [0.4, 0.5) is 4.79 Å². The van der Waals surface area contributed by atoms with E-state index in [0.717, 1.165) is 13.0 Å². The second-order valence-corrected chi connectivity index (χ2v) is 7.63. The van der Waals surface area contributed by atoms with Crippen LogP contribution in [0.2, 0.25) is 0 Å². The molecule has 2 unspecified atom stereocenters. The summed E-state index contributed by atoms with van der Waals surface area (Å²) in [6.07, 6.45) is 0.768. The van der Waals surface area contributed by atoms with Crippen molar-refractivity contribution >= 4 is 6.09 Å². The van der Waals surface area contributed by atoms with Gasteiger partial charge >= 0.3 is 6.09 Å². The van der Waals surface area contributed by atoms with E-state index in [1.54, 1.807) is 5.01 Å². The highest BCUT2D eigenvalue weighted by molar-refractivity contribution is 5.79. The lowest BCUT2D eigenvalue weighted by atomic mass is 9.98. The van der Waals surface area contributed by atoms with E-state index in [1.807, 2.05) is 6.07 Å². The van der Waals surface area contributed by atoms with Gasteiger partial charge in [0.1, 0.15) is 12.8 Å². The lowest BCUT2D eigenvalue weighted by Crippen LogP contribution is -2.21. The number of ether oxygens (including phenoxy) is 1. The van der Waals surface area contributed by atoms with Crippen molar-refractivity contribution in [2.75, 3.05) is 13.2 Å². The molecule has 0 bridgehead atoms. The minimum atomic E-state index is -0.247. The van der Waals surface area contributed by atoms with Gasteiger partial charge in [0, 0.05) is 12.5 Å². The molecular weight excluding hydrogens is 348 g/mol. The summed E-state index contributed by atoms with van der Waals surface area (Å²) in [7, 11) is 0. The first-order valence-corrected chi connectivity index (χ1v) is 9.81. The van der Waals surface area contributed by atoms with E-state index in [4.69, 9.17) is 4.74 Å². The molecule has 0 saturated carbocycles. The predicted molar refractivity (Wildman–Crippen MR) is 107 cm³/mol. The highest BCUT2D eigenvalue weighted by Gasteiger charge is 2.53. The Morgan fingerprint density at radius 1 is 0.857 bits per heavy atom. The van der Waals surface area contributed by atoms with E-state index < -0.39 is 0 Å². The van der Waals surface area contributed by atoms with Crippen LogP contribution in [-0.2, 0) is 11.2 Å². The number of hydrogen-bond acceptors (Lipinski definition) is 3. The van der Waals surface area contributed by atoms with Gasteiger partial charge in [0.25, 0.3) is 0 Å². The molecule has 0 N–H and O–H groups in total. The molecule has 3 aromatic carbocycles. The zero-order valence-corrected chi connectivity index (χ0v) is 15.4. The molecule has 4 heteroatoms. The molecule has 0 spiro atoms. The molecule has 1 amide bonds. The average molecular weight is 368 g/mol. The number of rotatable bonds is 2. The second kappa shape index (κ2) is 5.94. The summed E-state index contributed by atoms with van der Waals surface area (Å²) in [5.41, 5.74) is 7.53. The first kappa shape index (κ1) is 15.9. The molecule has 1 fully saturated rings. The Morgan fingerprint density at radius 3 is 2.18 bits per heavy atom. The third kappa shape index (κ3) is 2.25. The van der Waals surface area contributed by atoms with Crippen LogP contribution in [0.3, 0.4) is 0 Å². The number of carbonyl (C=O) groups excluding carboxylic acids is 1. The molecule has 6 rings (SSSR count). The van der Waals surface area contributed by atoms with Crippen LogP contribution < -0.4 is 0 Å². The minimum absolute atomic E-state index is 0.0422. The highest BCUT2D eigenvalue weighted by Crippen LogP contribution is 2.47. The average Bonchev–Trinajstić information content (AvgIpc) is 3.42. The Hall–Kier alpha value is -3.11. The Balaban J connectivity index is 1.22. The van der Waals surface area contributed by atoms with Gasteiger partial charge in [-0.05, 0) is 39.8 Å². The number of amides is 1. The minimum Gasteiger partial charge on any atom is -0.447 e. The van der Waals surface area contributed by atoms with Gasteiger partial charge in [0.15, 0.2) is 0 Å². The fraction of sp³-hybridized carbons (Fsp3) is 0.208. The van der Waals surface area contributed by atoms with Gasteiger partial charge in [-0.1, -0.05) is 72.8 Å². The maximum absolute atomic E-state index is 12.8. The molecule has 2 atom stereocenters. The Bertz CT molecular complexity index is 1050. The van der Waals surface area contributed by atoms with Crippen molar-refractivity contribution in [3.05, 3.63) is 95.1 Å². The van der Waals surface area contributed by atoms with Gasteiger partial charge in [0.2, 0.25) is 0 Å². The quantitative estimate of drug-likeness (QED) is 0.614. The van der Waals surface area contributed by atoms with E-state index >= 15 is 0 Å². The van der Waals surface area contributed by atoms with Gasteiger partial charge in [-0.15, -0.1) is 0 Å². The molecule has 1 aliphatic carbocycles. The van der Waals surface area contributed by atoms with Crippen molar-refractivity contribution in [2.45, 2.75) is 18.5 Å². The van der Waals surface area contributed by atoms with E-state index in [2.05, 4.69) is 71.7 Å².